The lowest BCUT2D eigenvalue weighted by atomic mass is 10.1. The van der Waals surface area contributed by atoms with Crippen molar-refractivity contribution in [3.8, 4) is 0 Å². The first-order chi connectivity index (χ1) is 7.99. The van der Waals surface area contributed by atoms with Crippen molar-refractivity contribution in [2.75, 3.05) is 33.2 Å². The molecule has 0 aromatic rings. The Morgan fingerprint density at radius 1 is 1.47 bits per heavy atom. The molecule has 0 bridgehead atoms. The standard InChI is InChI=1S/C11H20N2O4/c1-13-3-2-8(7-13)5-12-6-9(11(16)17)4-10(14)15/h8-9,12H,2-7H2,1H3,(H,14,15)(H,16,17). The number of rotatable bonds is 7. The maximum atomic E-state index is 10.8. The lowest BCUT2D eigenvalue weighted by Crippen LogP contribution is -2.33. The molecule has 98 valence electrons. The van der Waals surface area contributed by atoms with Crippen molar-refractivity contribution in [1.29, 1.82) is 0 Å². The van der Waals surface area contributed by atoms with Crippen LogP contribution in [-0.2, 0) is 9.59 Å². The maximum Gasteiger partial charge on any atom is 0.308 e. The summed E-state index contributed by atoms with van der Waals surface area (Å²) in [6, 6.07) is 0. The third-order valence-electron chi connectivity index (χ3n) is 3.08. The van der Waals surface area contributed by atoms with E-state index in [-0.39, 0.29) is 13.0 Å². The second-order valence-corrected chi connectivity index (χ2v) is 4.71. The molecule has 2 unspecified atom stereocenters. The van der Waals surface area contributed by atoms with E-state index < -0.39 is 17.9 Å². The number of likely N-dealkylation sites (tertiary alicyclic amines) is 1. The number of nitrogens with one attached hydrogen (secondary N) is 1. The minimum Gasteiger partial charge on any atom is -0.481 e. The van der Waals surface area contributed by atoms with E-state index in [4.69, 9.17) is 10.2 Å². The molecule has 0 spiro atoms. The molecule has 1 aliphatic heterocycles. The quantitative estimate of drug-likeness (QED) is 0.570. The molecule has 17 heavy (non-hydrogen) atoms. The molecule has 1 heterocycles. The molecule has 0 aromatic heterocycles. The van der Waals surface area contributed by atoms with Gasteiger partial charge in [-0.15, -0.1) is 0 Å². The van der Waals surface area contributed by atoms with Gasteiger partial charge in [-0.25, -0.2) is 0 Å². The van der Waals surface area contributed by atoms with Crippen LogP contribution in [0.15, 0.2) is 0 Å². The van der Waals surface area contributed by atoms with Crippen LogP contribution < -0.4 is 5.32 Å². The van der Waals surface area contributed by atoms with Crippen molar-refractivity contribution in [3.05, 3.63) is 0 Å². The number of hydrogen-bond acceptors (Lipinski definition) is 4. The van der Waals surface area contributed by atoms with Crippen LogP contribution in [0.25, 0.3) is 0 Å². The van der Waals surface area contributed by atoms with Crippen LogP contribution in [0.5, 0.6) is 0 Å². The van der Waals surface area contributed by atoms with E-state index in [2.05, 4.69) is 17.3 Å². The van der Waals surface area contributed by atoms with E-state index in [9.17, 15) is 9.59 Å². The van der Waals surface area contributed by atoms with Crippen molar-refractivity contribution < 1.29 is 19.8 Å². The summed E-state index contributed by atoms with van der Waals surface area (Å²) in [5.74, 6) is -2.42. The number of aliphatic carboxylic acids is 2. The van der Waals surface area contributed by atoms with Gasteiger partial charge in [0.05, 0.1) is 12.3 Å². The zero-order chi connectivity index (χ0) is 12.8. The van der Waals surface area contributed by atoms with E-state index >= 15 is 0 Å². The highest BCUT2D eigenvalue weighted by atomic mass is 16.4. The Bertz CT molecular complexity index is 283. The van der Waals surface area contributed by atoms with E-state index in [1.165, 1.54) is 0 Å². The minimum absolute atomic E-state index is 0.224. The van der Waals surface area contributed by atoms with E-state index in [1.807, 2.05) is 0 Å². The van der Waals surface area contributed by atoms with Gasteiger partial charge in [-0.2, -0.15) is 0 Å². The fraction of sp³-hybridized carbons (Fsp3) is 0.818. The first-order valence-electron chi connectivity index (χ1n) is 5.83. The van der Waals surface area contributed by atoms with Gasteiger partial charge >= 0.3 is 11.9 Å². The monoisotopic (exact) mass is 244 g/mol. The van der Waals surface area contributed by atoms with Gasteiger partial charge in [0, 0.05) is 13.1 Å². The Balaban J connectivity index is 2.22. The van der Waals surface area contributed by atoms with Crippen LogP contribution in [0.3, 0.4) is 0 Å². The number of carbonyl (C=O) groups is 2. The molecular weight excluding hydrogens is 224 g/mol. The molecule has 1 saturated heterocycles. The van der Waals surface area contributed by atoms with Crippen molar-refractivity contribution >= 4 is 11.9 Å². The summed E-state index contributed by atoms with van der Waals surface area (Å²) in [6.45, 7) is 3.07. The van der Waals surface area contributed by atoms with Crippen molar-refractivity contribution in [1.82, 2.24) is 10.2 Å². The number of nitrogens with zero attached hydrogens (tertiary/aromatic N) is 1. The molecule has 1 aliphatic rings. The first-order valence-corrected chi connectivity index (χ1v) is 5.83. The summed E-state index contributed by atoms with van der Waals surface area (Å²) in [4.78, 5) is 23.5. The van der Waals surface area contributed by atoms with Crippen molar-refractivity contribution in [2.24, 2.45) is 11.8 Å². The van der Waals surface area contributed by atoms with Gasteiger partial charge in [0.2, 0.25) is 0 Å². The Hall–Kier alpha value is -1.14. The van der Waals surface area contributed by atoms with Crippen LogP contribution in [0.1, 0.15) is 12.8 Å². The van der Waals surface area contributed by atoms with Gasteiger partial charge in [-0.1, -0.05) is 0 Å². The summed E-state index contributed by atoms with van der Waals surface area (Å²) in [5, 5.41) is 20.5. The largest absolute Gasteiger partial charge is 0.481 e. The molecule has 0 radical (unpaired) electrons. The minimum atomic E-state index is -1.07. The average Bonchev–Trinajstić information content (AvgIpc) is 2.62. The molecule has 0 aliphatic carbocycles. The normalized spacial score (nSPS) is 22.5. The van der Waals surface area contributed by atoms with Gasteiger partial charge in [0.25, 0.3) is 0 Å². The van der Waals surface area contributed by atoms with Crippen LogP contribution >= 0.6 is 0 Å². The molecule has 6 heteroatoms. The molecule has 6 nitrogen and oxygen atoms in total. The second kappa shape index (κ2) is 6.56. The first kappa shape index (κ1) is 13.9. The van der Waals surface area contributed by atoms with Gasteiger partial charge in [0.15, 0.2) is 0 Å². The summed E-state index contributed by atoms with van der Waals surface area (Å²) in [5.41, 5.74) is 0. The fourth-order valence-electron chi connectivity index (χ4n) is 2.11. The average molecular weight is 244 g/mol. The van der Waals surface area contributed by atoms with Gasteiger partial charge in [-0.05, 0) is 32.5 Å². The predicted octanol–water partition coefficient (Wildman–Crippen LogP) is -0.297. The predicted molar refractivity (Wildman–Crippen MR) is 61.9 cm³/mol. The third-order valence-corrected chi connectivity index (χ3v) is 3.08. The molecule has 3 N–H and O–H groups in total. The van der Waals surface area contributed by atoms with Crippen molar-refractivity contribution in [3.63, 3.8) is 0 Å². The lowest BCUT2D eigenvalue weighted by molar-refractivity contribution is -0.148. The van der Waals surface area contributed by atoms with Crippen LogP contribution in [-0.4, -0.2) is 60.3 Å². The topological polar surface area (TPSA) is 89.9 Å². The molecule has 2 atom stereocenters. The molecule has 1 fully saturated rings. The Morgan fingerprint density at radius 2 is 2.18 bits per heavy atom. The molecular formula is C11H20N2O4. The zero-order valence-corrected chi connectivity index (χ0v) is 10.1. The van der Waals surface area contributed by atoms with Gasteiger partial charge in [0.1, 0.15) is 0 Å². The van der Waals surface area contributed by atoms with Gasteiger partial charge < -0.3 is 20.4 Å². The van der Waals surface area contributed by atoms with E-state index in [1.54, 1.807) is 0 Å². The van der Waals surface area contributed by atoms with Crippen LogP contribution in [0.2, 0.25) is 0 Å². The molecule has 0 amide bonds. The summed E-state index contributed by atoms with van der Waals surface area (Å²) in [7, 11) is 2.06. The Kier molecular flexibility index (Phi) is 5.37. The van der Waals surface area contributed by atoms with Gasteiger partial charge in [-0.3, -0.25) is 9.59 Å². The van der Waals surface area contributed by atoms with Crippen LogP contribution in [0.4, 0.5) is 0 Å². The highest BCUT2D eigenvalue weighted by molar-refractivity contribution is 5.77. The zero-order valence-electron chi connectivity index (χ0n) is 10.1. The highest BCUT2D eigenvalue weighted by Crippen LogP contribution is 2.13. The summed E-state index contributed by atoms with van der Waals surface area (Å²) < 4.78 is 0. The van der Waals surface area contributed by atoms with E-state index in [0.717, 1.165) is 26.1 Å². The summed E-state index contributed by atoms with van der Waals surface area (Å²) >= 11 is 0. The maximum absolute atomic E-state index is 10.8. The SMILES string of the molecule is CN1CCC(CNCC(CC(=O)O)C(=O)O)C1. The van der Waals surface area contributed by atoms with Crippen LogP contribution in [0, 0.1) is 11.8 Å². The molecule has 0 saturated carbocycles. The highest BCUT2D eigenvalue weighted by Gasteiger charge is 2.22. The second-order valence-electron chi connectivity index (χ2n) is 4.71. The number of carboxylic acid groups (broad SMARTS) is 2. The smallest absolute Gasteiger partial charge is 0.308 e. The van der Waals surface area contributed by atoms with Crippen molar-refractivity contribution in [2.45, 2.75) is 12.8 Å². The molecule has 1 rings (SSSR count). The number of carboxylic acids is 2. The van der Waals surface area contributed by atoms with E-state index in [0.29, 0.717) is 5.92 Å². The Morgan fingerprint density at radius 3 is 2.65 bits per heavy atom. The summed E-state index contributed by atoms with van der Waals surface area (Å²) in [6.07, 6.45) is 0.785. The third kappa shape index (κ3) is 5.14. The lowest BCUT2D eigenvalue weighted by Gasteiger charge is -2.14. The fourth-order valence-corrected chi connectivity index (χ4v) is 2.11. The number of hydrogen-bond donors (Lipinski definition) is 3. The molecule has 0 aromatic carbocycles. The Labute approximate surface area is 101 Å².